The van der Waals surface area contributed by atoms with E-state index < -0.39 is 0 Å². The van der Waals surface area contributed by atoms with Crippen molar-refractivity contribution in [1.82, 2.24) is 19.6 Å². The molecule has 0 unspecified atom stereocenters. The lowest BCUT2D eigenvalue weighted by Crippen LogP contribution is -2.46. The molecule has 1 aliphatic rings. The summed E-state index contributed by atoms with van der Waals surface area (Å²) in [6.45, 7) is 3.87. The highest BCUT2D eigenvalue weighted by Crippen LogP contribution is 2.28. The van der Waals surface area contributed by atoms with Crippen LogP contribution in [0.25, 0.3) is 16.2 Å². The summed E-state index contributed by atoms with van der Waals surface area (Å²) >= 11 is 3.35. The number of imidazole rings is 1. The van der Waals surface area contributed by atoms with Crippen LogP contribution in [0.1, 0.15) is 0 Å². The normalized spacial score (nSPS) is 15.2. The molecule has 1 aliphatic heterocycles. The minimum absolute atomic E-state index is 0.941. The van der Waals surface area contributed by atoms with Gasteiger partial charge in [-0.3, -0.25) is 0 Å². The van der Waals surface area contributed by atoms with Gasteiger partial charge in [-0.15, -0.1) is 16.4 Å². The van der Waals surface area contributed by atoms with Gasteiger partial charge >= 0.3 is 0 Å². The van der Waals surface area contributed by atoms with Crippen LogP contribution in [-0.4, -0.2) is 45.8 Å². The van der Waals surface area contributed by atoms with Gasteiger partial charge in [0.25, 0.3) is 0 Å². The average Bonchev–Trinajstić information content (AvgIpc) is 3.39. The number of piperazine rings is 1. The molecule has 4 heterocycles. The molecule has 0 amide bonds. The SMILES string of the molecule is c1ccc(-c2cn3nc(N4CCN(c5nccs5)CC4)sc3n2)cc1. The highest BCUT2D eigenvalue weighted by molar-refractivity contribution is 7.20. The van der Waals surface area contributed by atoms with E-state index in [1.165, 1.54) is 0 Å². The van der Waals surface area contributed by atoms with E-state index in [4.69, 9.17) is 10.1 Å². The lowest BCUT2D eigenvalue weighted by atomic mass is 10.2. The van der Waals surface area contributed by atoms with Gasteiger partial charge in [-0.1, -0.05) is 41.7 Å². The molecule has 5 rings (SSSR count). The number of hydrogen-bond acceptors (Lipinski definition) is 7. The molecule has 8 heteroatoms. The maximum Gasteiger partial charge on any atom is 0.214 e. The van der Waals surface area contributed by atoms with Gasteiger partial charge in [0, 0.05) is 43.3 Å². The Hall–Kier alpha value is -2.45. The molecule has 0 aliphatic carbocycles. The van der Waals surface area contributed by atoms with Crippen LogP contribution in [-0.2, 0) is 0 Å². The summed E-state index contributed by atoms with van der Waals surface area (Å²) in [5.41, 5.74) is 2.10. The second kappa shape index (κ2) is 6.12. The van der Waals surface area contributed by atoms with Crippen molar-refractivity contribution in [2.24, 2.45) is 0 Å². The van der Waals surface area contributed by atoms with Crippen molar-refractivity contribution in [3.63, 3.8) is 0 Å². The lowest BCUT2D eigenvalue weighted by Gasteiger charge is -2.34. The number of fused-ring (bicyclic) bond motifs is 1. The van der Waals surface area contributed by atoms with E-state index in [-0.39, 0.29) is 0 Å². The summed E-state index contributed by atoms with van der Waals surface area (Å²) in [4.78, 5) is 14.7. The van der Waals surface area contributed by atoms with Crippen molar-refractivity contribution in [2.75, 3.05) is 36.0 Å². The Bertz CT molecular complexity index is 936. The summed E-state index contributed by atoms with van der Waals surface area (Å²) in [7, 11) is 0. The van der Waals surface area contributed by atoms with Gasteiger partial charge in [-0.05, 0) is 0 Å². The summed E-state index contributed by atoms with van der Waals surface area (Å²) in [5, 5.41) is 8.92. The van der Waals surface area contributed by atoms with Crippen molar-refractivity contribution in [3.8, 4) is 11.3 Å². The first-order valence-corrected chi connectivity index (χ1v) is 9.87. The Balaban J connectivity index is 1.33. The third-order valence-electron chi connectivity index (χ3n) is 4.34. The first-order valence-electron chi connectivity index (χ1n) is 8.18. The van der Waals surface area contributed by atoms with Crippen molar-refractivity contribution in [2.45, 2.75) is 0 Å². The number of thiazole rings is 1. The molecule has 0 N–H and O–H groups in total. The highest BCUT2D eigenvalue weighted by atomic mass is 32.1. The van der Waals surface area contributed by atoms with Crippen LogP contribution in [0.4, 0.5) is 10.3 Å². The van der Waals surface area contributed by atoms with Crippen molar-refractivity contribution >= 4 is 37.9 Å². The second-order valence-electron chi connectivity index (χ2n) is 5.89. The molecule has 0 spiro atoms. The van der Waals surface area contributed by atoms with E-state index in [0.29, 0.717) is 0 Å². The molecule has 0 bridgehead atoms. The number of nitrogens with zero attached hydrogens (tertiary/aromatic N) is 6. The third kappa shape index (κ3) is 2.77. The predicted molar refractivity (Wildman–Crippen MR) is 103 cm³/mol. The smallest absolute Gasteiger partial charge is 0.214 e. The summed E-state index contributed by atoms with van der Waals surface area (Å²) in [6, 6.07) is 10.2. The molecule has 1 saturated heterocycles. The predicted octanol–water partition coefficient (Wildman–Crippen LogP) is 3.24. The van der Waals surface area contributed by atoms with E-state index in [1.54, 1.807) is 22.7 Å². The van der Waals surface area contributed by atoms with Gasteiger partial charge < -0.3 is 9.80 Å². The standard InChI is InChI=1S/C17H16N6S2/c1-2-4-13(5-3-1)14-12-23-16(19-14)25-17(20-23)22-9-7-21(8-10-22)15-18-6-11-24-15/h1-6,11-12H,7-10H2. The average molecular weight is 368 g/mol. The molecule has 25 heavy (non-hydrogen) atoms. The monoisotopic (exact) mass is 368 g/mol. The molecule has 1 fully saturated rings. The number of rotatable bonds is 3. The molecule has 126 valence electrons. The zero-order chi connectivity index (χ0) is 16.6. The fourth-order valence-corrected chi connectivity index (χ4v) is 4.66. The van der Waals surface area contributed by atoms with Crippen LogP contribution in [0.3, 0.4) is 0 Å². The molecule has 3 aromatic heterocycles. The van der Waals surface area contributed by atoms with Gasteiger partial charge in [-0.25, -0.2) is 14.5 Å². The van der Waals surface area contributed by atoms with Crippen molar-refractivity contribution in [1.29, 1.82) is 0 Å². The van der Waals surface area contributed by atoms with Gasteiger partial charge in [0.2, 0.25) is 10.1 Å². The fourth-order valence-electron chi connectivity index (χ4n) is 3.03. The quantitative estimate of drug-likeness (QED) is 0.556. The van der Waals surface area contributed by atoms with Crippen LogP contribution >= 0.6 is 22.7 Å². The van der Waals surface area contributed by atoms with Gasteiger partial charge in [0.15, 0.2) is 5.13 Å². The first-order chi connectivity index (χ1) is 12.4. The number of hydrogen-bond donors (Lipinski definition) is 0. The Labute approximate surface area is 153 Å². The molecule has 1 aromatic carbocycles. The third-order valence-corrected chi connectivity index (χ3v) is 6.16. The van der Waals surface area contributed by atoms with Crippen LogP contribution in [0.15, 0.2) is 48.1 Å². The van der Waals surface area contributed by atoms with E-state index in [1.807, 2.05) is 40.5 Å². The van der Waals surface area contributed by atoms with Crippen LogP contribution in [0, 0.1) is 0 Å². The van der Waals surface area contributed by atoms with Crippen molar-refractivity contribution < 1.29 is 0 Å². The van der Waals surface area contributed by atoms with E-state index in [9.17, 15) is 0 Å². The Kier molecular flexibility index (Phi) is 3.64. The van der Waals surface area contributed by atoms with Gasteiger partial charge in [0.1, 0.15) is 0 Å². The second-order valence-corrected chi connectivity index (χ2v) is 7.70. The minimum atomic E-state index is 0.941. The maximum absolute atomic E-state index is 4.74. The number of benzene rings is 1. The minimum Gasteiger partial charge on any atom is -0.345 e. The number of aromatic nitrogens is 4. The molecule has 0 saturated carbocycles. The Morgan fingerprint density at radius 2 is 1.68 bits per heavy atom. The van der Waals surface area contributed by atoms with Crippen molar-refractivity contribution in [3.05, 3.63) is 48.1 Å². The number of anilines is 2. The lowest BCUT2D eigenvalue weighted by molar-refractivity contribution is 0.646. The molecular formula is C17H16N6S2. The van der Waals surface area contributed by atoms with Crippen LogP contribution in [0.5, 0.6) is 0 Å². The van der Waals surface area contributed by atoms with Crippen LogP contribution < -0.4 is 9.80 Å². The molecule has 6 nitrogen and oxygen atoms in total. The fraction of sp³-hybridized carbons (Fsp3) is 0.235. The summed E-state index contributed by atoms with van der Waals surface area (Å²) in [6.07, 6.45) is 3.88. The molecular weight excluding hydrogens is 352 g/mol. The largest absolute Gasteiger partial charge is 0.345 e. The summed E-state index contributed by atoms with van der Waals surface area (Å²) in [5.74, 6) is 0. The first kappa shape index (κ1) is 14.9. The molecule has 0 radical (unpaired) electrons. The maximum atomic E-state index is 4.74. The van der Waals surface area contributed by atoms with Gasteiger partial charge in [0.05, 0.1) is 11.9 Å². The van der Waals surface area contributed by atoms with E-state index in [0.717, 1.165) is 52.7 Å². The highest BCUT2D eigenvalue weighted by Gasteiger charge is 2.22. The Morgan fingerprint density at radius 3 is 2.36 bits per heavy atom. The van der Waals surface area contributed by atoms with Gasteiger partial charge in [-0.2, -0.15) is 0 Å². The van der Waals surface area contributed by atoms with E-state index >= 15 is 0 Å². The van der Waals surface area contributed by atoms with E-state index in [2.05, 4.69) is 26.9 Å². The Morgan fingerprint density at radius 1 is 0.920 bits per heavy atom. The van der Waals surface area contributed by atoms with Crippen LogP contribution in [0.2, 0.25) is 0 Å². The zero-order valence-electron chi connectivity index (χ0n) is 13.4. The zero-order valence-corrected chi connectivity index (χ0v) is 15.1. The molecule has 4 aromatic rings. The molecule has 0 atom stereocenters. The summed E-state index contributed by atoms with van der Waals surface area (Å²) < 4.78 is 1.90. The topological polar surface area (TPSA) is 49.6 Å².